The van der Waals surface area contributed by atoms with E-state index >= 15 is 0 Å². The van der Waals surface area contributed by atoms with Crippen molar-refractivity contribution in [1.29, 1.82) is 0 Å². The van der Waals surface area contributed by atoms with E-state index in [4.69, 9.17) is 0 Å². The monoisotopic (exact) mass is 372 g/mol. The molecule has 0 aromatic heterocycles. The SMILES string of the molecule is CCN(CC)c1ccc(N=Nc2ccc3c4c(cccc24)C(=O)NC3=O)cc1. The molecular weight excluding hydrogens is 352 g/mol. The maximum atomic E-state index is 12.1. The summed E-state index contributed by atoms with van der Waals surface area (Å²) in [6.07, 6.45) is 0. The van der Waals surface area contributed by atoms with Gasteiger partial charge in [0.25, 0.3) is 11.8 Å². The van der Waals surface area contributed by atoms with Crippen LogP contribution in [0.1, 0.15) is 34.6 Å². The van der Waals surface area contributed by atoms with Gasteiger partial charge in [-0.1, -0.05) is 12.1 Å². The number of carbonyl (C=O) groups excluding carboxylic acids is 2. The van der Waals surface area contributed by atoms with Gasteiger partial charge in [0.2, 0.25) is 0 Å². The zero-order chi connectivity index (χ0) is 19.7. The molecule has 140 valence electrons. The van der Waals surface area contributed by atoms with Crippen LogP contribution in [0.5, 0.6) is 0 Å². The minimum atomic E-state index is -0.385. The Morgan fingerprint density at radius 1 is 0.821 bits per heavy atom. The van der Waals surface area contributed by atoms with Crippen LogP contribution in [0.2, 0.25) is 0 Å². The molecule has 1 heterocycles. The third-order valence-corrected chi connectivity index (χ3v) is 4.99. The fourth-order valence-corrected chi connectivity index (χ4v) is 3.53. The summed E-state index contributed by atoms with van der Waals surface area (Å²) in [5.74, 6) is -0.770. The molecule has 0 aliphatic carbocycles. The molecule has 0 fully saturated rings. The Morgan fingerprint density at radius 2 is 1.50 bits per heavy atom. The lowest BCUT2D eigenvalue weighted by atomic mass is 9.94. The number of nitrogens with zero attached hydrogens (tertiary/aromatic N) is 3. The van der Waals surface area contributed by atoms with Gasteiger partial charge in [-0.05, 0) is 56.3 Å². The van der Waals surface area contributed by atoms with Crippen LogP contribution in [0.3, 0.4) is 0 Å². The molecule has 0 bridgehead atoms. The van der Waals surface area contributed by atoms with Crippen molar-refractivity contribution in [2.24, 2.45) is 10.2 Å². The van der Waals surface area contributed by atoms with E-state index in [2.05, 4.69) is 34.3 Å². The number of carbonyl (C=O) groups is 2. The van der Waals surface area contributed by atoms with Gasteiger partial charge in [0.1, 0.15) is 0 Å². The van der Waals surface area contributed by atoms with Crippen molar-refractivity contribution in [3.8, 4) is 0 Å². The molecule has 1 aliphatic heterocycles. The quantitative estimate of drug-likeness (QED) is 0.507. The van der Waals surface area contributed by atoms with Gasteiger partial charge in [-0.25, -0.2) is 0 Å². The first-order valence-electron chi connectivity index (χ1n) is 9.30. The molecule has 1 aliphatic rings. The molecule has 0 unspecified atom stereocenters. The van der Waals surface area contributed by atoms with Crippen LogP contribution in [0.4, 0.5) is 17.1 Å². The Balaban J connectivity index is 1.71. The summed E-state index contributed by atoms with van der Waals surface area (Å²) in [5, 5.41) is 12.4. The second-order valence-electron chi connectivity index (χ2n) is 6.53. The molecule has 6 nitrogen and oxygen atoms in total. The topological polar surface area (TPSA) is 74.1 Å². The average Bonchev–Trinajstić information content (AvgIpc) is 2.72. The first-order chi connectivity index (χ1) is 13.6. The summed E-state index contributed by atoms with van der Waals surface area (Å²) in [6.45, 7) is 6.15. The van der Waals surface area contributed by atoms with Gasteiger partial charge in [0.05, 0.1) is 11.4 Å². The second kappa shape index (κ2) is 7.23. The van der Waals surface area contributed by atoms with Gasteiger partial charge in [-0.2, -0.15) is 5.11 Å². The van der Waals surface area contributed by atoms with E-state index in [0.717, 1.165) is 29.9 Å². The Hall–Kier alpha value is -3.54. The van der Waals surface area contributed by atoms with Gasteiger partial charge >= 0.3 is 0 Å². The number of azo groups is 1. The Bertz CT molecular complexity index is 1080. The first-order valence-corrected chi connectivity index (χ1v) is 9.30. The highest BCUT2D eigenvalue weighted by Gasteiger charge is 2.25. The van der Waals surface area contributed by atoms with Crippen LogP contribution in [-0.2, 0) is 0 Å². The molecule has 28 heavy (non-hydrogen) atoms. The molecular formula is C22H20N4O2. The minimum Gasteiger partial charge on any atom is -0.372 e. The van der Waals surface area contributed by atoms with E-state index in [0.29, 0.717) is 22.2 Å². The summed E-state index contributed by atoms with van der Waals surface area (Å²) >= 11 is 0. The summed E-state index contributed by atoms with van der Waals surface area (Å²) in [6, 6.07) is 16.7. The number of benzene rings is 3. The fraction of sp³-hybridized carbons (Fsp3) is 0.182. The number of amides is 2. The summed E-state index contributed by atoms with van der Waals surface area (Å²) < 4.78 is 0. The average molecular weight is 372 g/mol. The zero-order valence-electron chi connectivity index (χ0n) is 15.8. The third kappa shape index (κ3) is 3.03. The van der Waals surface area contributed by atoms with Crippen molar-refractivity contribution in [3.05, 3.63) is 65.7 Å². The molecule has 3 aromatic rings. The third-order valence-electron chi connectivity index (χ3n) is 4.99. The van der Waals surface area contributed by atoms with Crippen molar-refractivity contribution >= 4 is 39.6 Å². The normalized spacial score (nSPS) is 13.2. The van der Waals surface area contributed by atoms with E-state index in [9.17, 15) is 9.59 Å². The summed E-state index contributed by atoms with van der Waals surface area (Å²) in [4.78, 5) is 26.5. The van der Waals surface area contributed by atoms with Gasteiger partial charge in [-0.15, -0.1) is 5.11 Å². The largest absolute Gasteiger partial charge is 0.372 e. The maximum Gasteiger partial charge on any atom is 0.258 e. The number of anilines is 1. The van der Waals surface area contributed by atoms with E-state index < -0.39 is 0 Å². The summed E-state index contributed by atoms with van der Waals surface area (Å²) in [7, 11) is 0. The van der Waals surface area contributed by atoms with E-state index in [-0.39, 0.29) is 11.8 Å². The second-order valence-corrected chi connectivity index (χ2v) is 6.53. The standard InChI is InChI=1S/C22H20N4O2/c1-3-26(4-2)15-10-8-14(9-11-15)24-25-19-13-12-18-20-16(19)6-5-7-17(20)21(27)23-22(18)28/h5-13H,3-4H2,1-2H3,(H,23,27,28). The predicted molar refractivity (Wildman–Crippen MR) is 110 cm³/mol. The van der Waals surface area contributed by atoms with E-state index in [1.807, 2.05) is 30.3 Å². The Labute approximate surface area is 162 Å². The van der Waals surface area contributed by atoms with Crippen LogP contribution in [-0.4, -0.2) is 24.9 Å². The van der Waals surface area contributed by atoms with Crippen LogP contribution in [0.15, 0.2) is 64.8 Å². The number of hydrogen-bond donors (Lipinski definition) is 1. The van der Waals surface area contributed by atoms with Crippen LogP contribution >= 0.6 is 0 Å². The van der Waals surface area contributed by atoms with Gasteiger partial charge in [0, 0.05) is 40.7 Å². The lowest BCUT2D eigenvalue weighted by molar-refractivity contribution is 0.0845. The van der Waals surface area contributed by atoms with Crippen molar-refractivity contribution < 1.29 is 9.59 Å². The number of imide groups is 1. The van der Waals surface area contributed by atoms with Crippen molar-refractivity contribution in [2.45, 2.75) is 13.8 Å². The molecule has 0 saturated heterocycles. The van der Waals surface area contributed by atoms with Gasteiger partial charge in [0.15, 0.2) is 0 Å². The van der Waals surface area contributed by atoms with Crippen molar-refractivity contribution in [2.75, 3.05) is 18.0 Å². The molecule has 3 aromatic carbocycles. The lowest BCUT2D eigenvalue weighted by Crippen LogP contribution is -2.34. The fourth-order valence-electron chi connectivity index (χ4n) is 3.53. The number of nitrogens with one attached hydrogen (secondary N) is 1. The molecule has 6 heteroatoms. The van der Waals surface area contributed by atoms with Gasteiger partial charge < -0.3 is 4.90 Å². The van der Waals surface area contributed by atoms with Crippen LogP contribution in [0, 0.1) is 0 Å². The Kier molecular flexibility index (Phi) is 4.61. The highest BCUT2D eigenvalue weighted by molar-refractivity contribution is 6.26. The zero-order valence-corrected chi connectivity index (χ0v) is 15.8. The van der Waals surface area contributed by atoms with E-state index in [1.54, 1.807) is 24.3 Å². The molecule has 0 spiro atoms. The molecule has 0 radical (unpaired) electrons. The minimum absolute atomic E-state index is 0.385. The van der Waals surface area contributed by atoms with Crippen molar-refractivity contribution in [3.63, 3.8) is 0 Å². The first kappa shape index (κ1) is 17.9. The molecule has 0 saturated carbocycles. The Morgan fingerprint density at radius 3 is 2.18 bits per heavy atom. The number of hydrogen-bond acceptors (Lipinski definition) is 5. The smallest absolute Gasteiger partial charge is 0.258 e. The van der Waals surface area contributed by atoms with E-state index in [1.165, 1.54) is 0 Å². The summed E-state index contributed by atoms with van der Waals surface area (Å²) in [5.41, 5.74) is 3.47. The predicted octanol–water partition coefficient (Wildman–Crippen LogP) is 4.99. The maximum absolute atomic E-state index is 12.1. The molecule has 4 rings (SSSR count). The molecule has 0 atom stereocenters. The van der Waals surface area contributed by atoms with Crippen LogP contribution < -0.4 is 10.2 Å². The number of rotatable bonds is 5. The molecule has 1 N–H and O–H groups in total. The van der Waals surface area contributed by atoms with Crippen LogP contribution in [0.25, 0.3) is 10.8 Å². The highest BCUT2D eigenvalue weighted by Crippen LogP contribution is 2.34. The molecule has 2 amide bonds. The highest BCUT2D eigenvalue weighted by atomic mass is 16.2. The van der Waals surface area contributed by atoms with Crippen molar-refractivity contribution in [1.82, 2.24) is 5.32 Å². The lowest BCUT2D eigenvalue weighted by Gasteiger charge is -2.20. The van der Waals surface area contributed by atoms with Gasteiger partial charge in [-0.3, -0.25) is 14.9 Å².